The molecule has 1 atom stereocenters. The second kappa shape index (κ2) is 7.72. The largest absolute Gasteiger partial charge is 0.389 e. The van der Waals surface area contributed by atoms with Gasteiger partial charge in [-0.2, -0.15) is 0 Å². The van der Waals surface area contributed by atoms with Crippen LogP contribution in [0, 0.1) is 5.82 Å². The topological polar surface area (TPSA) is 70.1 Å². The first-order valence-electron chi connectivity index (χ1n) is 9.05. The lowest BCUT2D eigenvalue weighted by atomic mass is 9.81. The average Bonchev–Trinajstić information content (AvgIpc) is 2.80. The number of halogens is 1. The Bertz CT molecular complexity index is 675. The molecule has 1 saturated heterocycles. The van der Waals surface area contributed by atoms with E-state index < -0.39 is 11.6 Å². The van der Waals surface area contributed by atoms with Crippen LogP contribution < -0.4 is 0 Å². The van der Waals surface area contributed by atoms with Crippen LogP contribution in [0.3, 0.4) is 0 Å². The SMILES string of the molecule is CN1C(=O)N(C[C@@H](O)COCc2ccccc2F)C(=O)C12CCCCC2. The highest BCUT2D eigenvalue weighted by Gasteiger charge is 2.55. The summed E-state index contributed by atoms with van der Waals surface area (Å²) in [5, 5.41) is 10.2. The number of hydrogen-bond donors (Lipinski definition) is 1. The quantitative estimate of drug-likeness (QED) is 0.787. The third kappa shape index (κ3) is 3.46. The molecule has 2 aliphatic rings. The predicted molar refractivity (Wildman–Crippen MR) is 92.8 cm³/mol. The fourth-order valence-corrected chi connectivity index (χ4v) is 3.88. The Labute approximate surface area is 152 Å². The molecule has 1 heterocycles. The van der Waals surface area contributed by atoms with Gasteiger partial charge in [0.25, 0.3) is 5.91 Å². The van der Waals surface area contributed by atoms with Crippen LogP contribution in [-0.2, 0) is 16.1 Å². The summed E-state index contributed by atoms with van der Waals surface area (Å²) in [4.78, 5) is 28.0. The number of amides is 3. The summed E-state index contributed by atoms with van der Waals surface area (Å²) in [6, 6.07) is 5.88. The summed E-state index contributed by atoms with van der Waals surface area (Å²) >= 11 is 0. The van der Waals surface area contributed by atoms with Gasteiger partial charge >= 0.3 is 6.03 Å². The predicted octanol–water partition coefficient (Wildman–Crippen LogP) is 2.30. The fraction of sp³-hybridized carbons (Fsp3) is 0.579. The van der Waals surface area contributed by atoms with Crippen LogP contribution in [-0.4, -0.2) is 58.7 Å². The van der Waals surface area contributed by atoms with Crippen LogP contribution in [0.25, 0.3) is 0 Å². The van der Waals surface area contributed by atoms with Gasteiger partial charge in [0.05, 0.1) is 25.9 Å². The van der Waals surface area contributed by atoms with E-state index in [1.807, 2.05) is 0 Å². The Morgan fingerprint density at radius 2 is 1.92 bits per heavy atom. The van der Waals surface area contributed by atoms with E-state index in [-0.39, 0.29) is 37.5 Å². The first kappa shape index (κ1) is 18.8. The number of hydrogen-bond acceptors (Lipinski definition) is 4. The summed E-state index contributed by atoms with van der Waals surface area (Å²) in [5.41, 5.74) is -0.350. The molecule has 1 N–H and O–H groups in total. The summed E-state index contributed by atoms with van der Waals surface area (Å²) in [7, 11) is 1.66. The van der Waals surface area contributed by atoms with Crippen molar-refractivity contribution in [2.24, 2.45) is 0 Å². The number of urea groups is 1. The van der Waals surface area contributed by atoms with Gasteiger partial charge in [-0.25, -0.2) is 9.18 Å². The van der Waals surface area contributed by atoms with Crippen LogP contribution in [0.15, 0.2) is 24.3 Å². The number of ether oxygens (including phenoxy) is 1. The van der Waals surface area contributed by atoms with Crippen molar-refractivity contribution in [3.8, 4) is 0 Å². The van der Waals surface area contributed by atoms with E-state index in [4.69, 9.17) is 4.74 Å². The van der Waals surface area contributed by atoms with E-state index >= 15 is 0 Å². The lowest BCUT2D eigenvalue weighted by molar-refractivity contribution is -0.135. The van der Waals surface area contributed by atoms with Crippen molar-refractivity contribution in [2.75, 3.05) is 20.2 Å². The van der Waals surface area contributed by atoms with E-state index in [1.54, 1.807) is 25.2 Å². The number of benzene rings is 1. The number of β-amino-alcohol motifs (C(OH)–C–C–N with tert-alkyl or cyclic N) is 1. The molecule has 3 rings (SSSR count). The maximum absolute atomic E-state index is 13.5. The molecule has 7 heteroatoms. The smallest absolute Gasteiger partial charge is 0.327 e. The van der Waals surface area contributed by atoms with Crippen LogP contribution >= 0.6 is 0 Å². The lowest BCUT2D eigenvalue weighted by Crippen LogP contribution is -2.49. The summed E-state index contributed by atoms with van der Waals surface area (Å²) < 4.78 is 18.9. The first-order valence-corrected chi connectivity index (χ1v) is 9.05. The number of rotatable bonds is 6. The molecule has 1 aromatic rings. The minimum Gasteiger partial charge on any atom is -0.389 e. The first-order chi connectivity index (χ1) is 12.5. The van der Waals surface area contributed by atoms with Crippen LogP contribution in [0.2, 0.25) is 0 Å². The van der Waals surface area contributed by atoms with E-state index in [0.29, 0.717) is 18.4 Å². The molecule has 0 radical (unpaired) electrons. The number of imide groups is 1. The Morgan fingerprint density at radius 3 is 2.62 bits per heavy atom. The van der Waals surface area contributed by atoms with Gasteiger partial charge in [-0.1, -0.05) is 37.5 Å². The number of likely N-dealkylation sites (N-methyl/N-ethyl adjacent to an activating group) is 1. The molecule has 26 heavy (non-hydrogen) atoms. The van der Waals surface area contributed by atoms with Gasteiger partial charge in [0, 0.05) is 12.6 Å². The molecular weight excluding hydrogens is 339 g/mol. The second-order valence-electron chi connectivity index (χ2n) is 7.11. The minimum atomic E-state index is -1.01. The van der Waals surface area contributed by atoms with Gasteiger partial charge in [-0.3, -0.25) is 9.69 Å². The molecular formula is C19H25FN2O4. The highest BCUT2D eigenvalue weighted by Crippen LogP contribution is 2.39. The highest BCUT2D eigenvalue weighted by atomic mass is 19.1. The monoisotopic (exact) mass is 364 g/mol. The second-order valence-corrected chi connectivity index (χ2v) is 7.11. The molecule has 0 aromatic heterocycles. The van der Waals surface area contributed by atoms with Gasteiger partial charge in [0.2, 0.25) is 0 Å². The van der Waals surface area contributed by atoms with Crippen molar-refractivity contribution < 1.29 is 23.8 Å². The molecule has 1 aliphatic heterocycles. The van der Waals surface area contributed by atoms with Crippen molar-refractivity contribution in [3.63, 3.8) is 0 Å². The van der Waals surface area contributed by atoms with E-state index in [9.17, 15) is 19.1 Å². The Hall–Kier alpha value is -1.99. The maximum atomic E-state index is 13.5. The zero-order valence-electron chi connectivity index (χ0n) is 15.0. The molecule has 1 aliphatic carbocycles. The zero-order chi connectivity index (χ0) is 18.7. The maximum Gasteiger partial charge on any atom is 0.327 e. The summed E-state index contributed by atoms with van der Waals surface area (Å²) in [6.45, 7) is -0.168. The molecule has 6 nitrogen and oxygen atoms in total. The number of nitrogens with zero attached hydrogens (tertiary/aromatic N) is 2. The Morgan fingerprint density at radius 1 is 1.23 bits per heavy atom. The molecule has 2 fully saturated rings. The van der Waals surface area contributed by atoms with Gasteiger partial charge in [0.15, 0.2) is 0 Å². The molecule has 1 saturated carbocycles. The number of aliphatic hydroxyl groups is 1. The molecule has 0 unspecified atom stereocenters. The Balaban J connectivity index is 1.55. The number of carbonyl (C=O) groups excluding carboxylic acids is 2. The number of carbonyl (C=O) groups is 2. The molecule has 142 valence electrons. The highest BCUT2D eigenvalue weighted by molar-refractivity contribution is 6.07. The molecule has 1 aromatic carbocycles. The van der Waals surface area contributed by atoms with Gasteiger partial charge < -0.3 is 14.7 Å². The fourth-order valence-electron chi connectivity index (χ4n) is 3.88. The average molecular weight is 364 g/mol. The van der Waals surface area contributed by atoms with Gasteiger partial charge in [-0.05, 0) is 18.9 Å². The summed E-state index contributed by atoms with van der Waals surface area (Å²) in [5.74, 6) is -0.592. The molecule has 1 spiro atoms. The number of aliphatic hydroxyl groups excluding tert-OH is 1. The normalized spacial score (nSPS) is 20.9. The standard InChI is InChI=1S/C19H25FN2O4/c1-21-18(25)22(17(24)19(21)9-5-2-6-10-19)11-15(23)13-26-12-14-7-3-4-8-16(14)20/h3-4,7-8,15,23H,2,5-6,9-13H2,1H3/t15-/m1/s1. The van der Waals surface area contributed by atoms with Gasteiger partial charge in [-0.15, -0.1) is 0 Å². The van der Waals surface area contributed by atoms with Crippen LogP contribution in [0.4, 0.5) is 9.18 Å². The van der Waals surface area contributed by atoms with E-state index in [1.165, 1.54) is 11.0 Å². The molecule has 0 bridgehead atoms. The van der Waals surface area contributed by atoms with E-state index in [2.05, 4.69) is 0 Å². The van der Waals surface area contributed by atoms with E-state index in [0.717, 1.165) is 24.2 Å². The third-order valence-corrected chi connectivity index (χ3v) is 5.40. The van der Waals surface area contributed by atoms with Crippen molar-refractivity contribution in [2.45, 2.75) is 50.4 Å². The molecule has 3 amide bonds. The van der Waals surface area contributed by atoms with Gasteiger partial charge in [0.1, 0.15) is 11.4 Å². The van der Waals surface area contributed by atoms with Crippen molar-refractivity contribution in [1.29, 1.82) is 0 Å². The van der Waals surface area contributed by atoms with Crippen molar-refractivity contribution in [3.05, 3.63) is 35.6 Å². The zero-order valence-corrected chi connectivity index (χ0v) is 15.0. The minimum absolute atomic E-state index is 0.0233. The lowest BCUT2D eigenvalue weighted by Gasteiger charge is -2.35. The summed E-state index contributed by atoms with van der Waals surface area (Å²) in [6.07, 6.45) is 3.25. The van der Waals surface area contributed by atoms with Crippen LogP contribution in [0.1, 0.15) is 37.7 Å². The van der Waals surface area contributed by atoms with Crippen LogP contribution in [0.5, 0.6) is 0 Å². The van der Waals surface area contributed by atoms with Crippen molar-refractivity contribution in [1.82, 2.24) is 9.80 Å². The Kier molecular flexibility index (Phi) is 5.58. The van der Waals surface area contributed by atoms with Crippen molar-refractivity contribution >= 4 is 11.9 Å². The third-order valence-electron chi connectivity index (χ3n) is 5.40.